The smallest absolute Gasteiger partial charge is 0.264 e. The second kappa shape index (κ2) is 9.97. The lowest BCUT2D eigenvalue weighted by Crippen LogP contribution is -2.30. The normalized spacial score (nSPS) is 11.2. The number of fused-ring (bicyclic) bond motifs is 1. The molecule has 0 aliphatic rings. The van der Waals surface area contributed by atoms with Gasteiger partial charge in [0.15, 0.2) is 6.61 Å². The molecule has 6 nitrogen and oxygen atoms in total. The Kier molecular flexibility index (Phi) is 6.84. The first-order valence-corrected chi connectivity index (χ1v) is 12.4. The van der Waals surface area contributed by atoms with Crippen LogP contribution in [0.15, 0.2) is 95.9 Å². The number of nitrogens with one attached hydrogen (secondary N) is 1. The van der Waals surface area contributed by atoms with Crippen molar-refractivity contribution in [3.8, 4) is 5.75 Å². The molecule has 0 saturated heterocycles. The van der Waals surface area contributed by atoms with Crippen LogP contribution < -0.4 is 14.4 Å². The van der Waals surface area contributed by atoms with Gasteiger partial charge in [0.25, 0.3) is 15.9 Å². The number of carbonyl (C=O) groups is 1. The van der Waals surface area contributed by atoms with E-state index >= 15 is 0 Å². The zero-order valence-electron chi connectivity index (χ0n) is 19.1. The first-order chi connectivity index (χ1) is 16.4. The molecule has 0 aliphatic heterocycles. The molecule has 0 aromatic heterocycles. The summed E-state index contributed by atoms with van der Waals surface area (Å²) in [4.78, 5) is 12.7. The minimum absolute atomic E-state index is 0.165. The van der Waals surface area contributed by atoms with Crippen molar-refractivity contribution in [2.45, 2.75) is 18.7 Å². The molecule has 174 valence electrons. The van der Waals surface area contributed by atoms with Gasteiger partial charge in [-0.1, -0.05) is 54.1 Å². The molecular weight excluding hydrogens is 448 g/mol. The molecule has 7 heteroatoms. The highest BCUT2D eigenvalue weighted by Crippen LogP contribution is 2.26. The average Bonchev–Trinajstić information content (AvgIpc) is 2.84. The van der Waals surface area contributed by atoms with Crippen LogP contribution in [-0.4, -0.2) is 27.5 Å². The molecule has 0 heterocycles. The van der Waals surface area contributed by atoms with Gasteiger partial charge >= 0.3 is 0 Å². The number of amides is 1. The van der Waals surface area contributed by atoms with Gasteiger partial charge in [0.05, 0.1) is 10.6 Å². The molecule has 0 radical (unpaired) electrons. The SMILES string of the molecule is CCN(c1ccc(OCC(=O)Nc2cccc3ccccc23)cc1)S(=O)(=O)c1ccc(C)cc1. The third-order valence-corrected chi connectivity index (χ3v) is 7.37. The summed E-state index contributed by atoms with van der Waals surface area (Å²) < 4.78 is 33.1. The minimum Gasteiger partial charge on any atom is -0.484 e. The van der Waals surface area contributed by atoms with Gasteiger partial charge in [-0.05, 0) is 61.7 Å². The molecule has 4 aromatic carbocycles. The van der Waals surface area contributed by atoms with Gasteiger partial charge in [-0.2, -0.15) is 0 Å². The predicted octanol–water partition coefficient (Wildman–Crippen LogP) is 5.38. The first-order valence-electron chi connectivity index (χ1n) is 11.0. The van der Waals surface area contributed by atoms with E-state index in [-0.39, 0.29) is 24.0 Å². The van der Waals surface area contributed by atoms with Crippen molar-refractivity contribution in [2.75, 3.05) is 22.8 Å². The minimum atomic E-state index is -3.68. The predicted molar refractivity (Wildman–Crippen MR) is 136 cm³/mol. The summed E-state index contributed by atoms with van der Waals surface area (Å²) in [5, 5.41) is 4.88. The molecule has 0 spiro atoms. The molecule has 1 N–H and O–H groups in total. The van der Waals surface area contributed by atoms with Crippen LogP contribution in [0.5, 0.6) is 5.75 Å². The second-order valence-corrected chi connectivity index (χ2v) is 9.70. The zero-order valence-corrected chi connectivity index (χ0v) is 19.9. The van der Waals surface area contributed by atoms with Gasteiger partial charge in [0, 0.05) is 17.6 Å². The lowest BCUT2D eigenvalue weighted by atomic mass is 10.1. The van der Waals surface area contributed by atoms with Crippen molar-refractivity contribution in [1.82, 2.24) is 0 Å². The van der Waals surface area contributed by atoms with E-state index in [0.29, 0.717) is 11.4 Å². The summed E-state index contributed by atoms with van der Waals surface area (Å²) in [5.41, 5.74) is 2.24. The Morgan fingerprint density at radius 2 is 1.56 bits per heavy atom. The summed E-state index contributed by atoms with van der Waals surface area (Å²) in [6.07, 6.45) is 0. The standard InChI is InChI=1S/C27H26N2O4S/c1-3-29(34(31,32)24-17-11-20(2)12-18-24)22-13-15-23(16-14-22)33-19-27(30)28-26-10-6-8-21-7-4-5-9-25(21)26/h4-18H,3,19H2,1-2H3,(H,28,30). The van der Waals surface area contributed by atoms with Gasteiger partial charge in [0.1, 0.15) is 5.75 Å². The van der Waals surface area contributed by atoms with Gasteiger partial charge in [-0.25, -0.2) is 8.42 Å². The maximum Gasteiger partial charge on any atom is 0.264 e. The van der Waals surface area contributed by atoms with Crippen LogP contribution >= 0.6 is 0 Å². The van der Waals surface area contributed by atoms with Crippen LogP contribution in [0.1, 0.15) is 12.5 Å². The Morgan fingerprint density at radius 3 is 2.26 bits per heavy atom. The van der Waals surface area contributed by atoms with E-state index < -0.39 is 10.0 Å². The maximum atomic E-state index is 13.1. The number of sulfonamides is 1. The summed E-state index contributed by atoms with van der Waals surface area (Å²) in [7, 11) is -3.68. The maximum absolute atomic E-state index is 13.1. The number of carbonyl (C=O) groups excluding carboxylic acids is 1. The number of ether oxygens (including phenoxy) is 1. The van der Waals surface area contributed by atoms with Gasteiger partial charge < -0.3 is 10.1 Å². The molecule has 4 aromatic rings. The first kappa shape index (κ1) is 23.3. The van der Waals surface area contributed by atoms with Crippen molar-refractivity contribution >= 4 is 38.1 Å². The van der Waals surface area contributed by atoms with E-state index in [1.54, 1.807) is 55.5 Å². The monoisotopic (exact) mass is 474 g/mol. The highest BCUT2D eigenvalue weighted by atomic mass is 32.2. The summed E-state index contributed by atoms with van der Waals surface area (Å²) >= 11 is 0. The lowest BCUT2D eigenvalue weighted by Gasteiger charge is -2.23. The van der Waals surface area contributed by atoms with E-state index in [4.69, 9.17) is 4.74 Å². The van der Waals surface area contributed by atoms with E-state index in [2.05, 4.69) is 5.32 Å². The summed E-state index contributed by atoms with van der Waals surface area (Å²) in [6, 6.07) is 27.0. The van der Waals surface area contributed by atoms with Crippen LogP contribution in [0.3, 0.4) is 0 Å². The molecule has 4 rings (SSSR count). The van der Waals surface area contributed by atoms with Crippen molar-refractivity contribution in [2.24, 2.45) is 0 Å². The lowest BCUT2D eigenvalue weighted by molar-refractivity contribution is -0.118. The Labute approximate surface area is 199 Å². The van der Waals surface area contributed by atoms with Gasteiger partial charge in [-0.15, -0.1) is 0 Å². The molecule has 0 aliphatic carbocycles. The Balaban J connectivity index is 1.42. The highest BCUT2D eigenvalue weighted by molar-refractivity contribution is 7.92. The molecule has 1 amide bonds. The van der Waals surface area contributed by atoms with Gasteiger partial charge in [0.2, 0.25) is 0 Å². The van der Waals surface area contributed by atoms with Crippen LogP contribution in [-0.2, 0) is 14.8 Å². The second-order valence-electron chi connectivity index (χ2n) is 7.84. The van der Waals surface area contributed by atoms with Crippen molar-refractivity contribution < 1.29 is 17.9 Å². The highest BCUT2D eigenvalue weighted by Gasteiger charge is 2.23. The van der Waals surface area contributed by atoms with Crippen LogP contribution in [0.2, 0.25) is 0 Å². The number of benzene rings is 4. The van der Waals surface area contributed by atoms with Crippen molar-refractivity contribution in [1.29, 1.82) is 0 Å². The molecular formula is C27H26N2O4S. The van der Waals surface area contributed by atoms with Crippen LogP contribution in [0.25, 0.3) is 10.8 Å². The summed E-state index contributed by atoms with van der Waals surface area (Å²) in [5.74, 6) is 0.193. The molecule has 0 atom stereocenters. The quantitative estimate of drug-likeness (QED) is 0.372. The number of hydrogen-bond acceptors (Lipinski definition) is 4. The molecule has 0 unspecified atom stereocenters. The number of aryl methyl sites for hydroxylation is 1. The molecule has 0 bridgehead atoms. The topological polar surface area (TPSA) is 75.7 Å². The number of anilines is 2. The van der Waals surface area contributed by atoms with Crippen molar-refractivity contribution in [3.63, 3.8) is 0 Å². The molecule has 34 heavy (non-hydrogen) atoms. The van der Waals surface area contributed by atoms with E-state index in [1.807, 2.05) is 49.4 Å². The van der Waals surface area contributed by atoms with Gasteiger partial charge in [-0.3, -0.25) is 9.10 Å². The largest absolute Gasteiger partial charge is 0.484 e. The molecule has 0 saturated carbocycles. The third kappa shape index (κ3) is 5.05. The average molecular weight is 475 g/mol. The van der Waals surface area contributed by atoms with Crippen molar-refractivity contribution in [3.05, 3.63) is 96.6 Å². The zero-order chi connectivity index (χ0) is 24.1. The van der Waals surface area contributed by atoms with Crippen LogP contribution in [0.4, 0.5) is 11.4 Å². The van der Waals surface area contributed by atoms with Crippen LogP contribution in [0, 0.1) is 6.92 Å². The third-order valence-electron chi connectivity index (χ3n) is 5.45. The number of hydrogen-bond donors (Lipinski definition) is 1. The number of nitrogens with zero attached hydrogens (tertiary/aromatic N) is 1. The van der Waals surface area contributed by atoms with E-state index in [1.165, 1.54) is 4.31 Å². The number of rotatable bonds is 8. The Morgan fingerprint density at radius 1 is 0.882 bits per heavy atom. The van der Waals surface area contributed by atoms with E-state index in [0.717, 1.165) is 22.0 Å². The fourth-order valence-electron chi connectivity index (χ4n) is 3.71. The Hall–Kier alpha value is -3.84. The fraction of sp³-hybridized carbons (Fsp3) is 0.148. The fourth-order valence-corrected chi connectivity index (χ4v) is 5.18. The Bertz CT molecular complexity index is 1390. The van der Waals surface area contributed by atoms with E-state index in [9.17, 15) is 13.2 Å². The summed E-state index contributed by atoms with van der Waals surface area (Å²) in [6.45, 7) is 3.81. The molecule has 0 fully saturated rings.